The summed E-state index contributed by atoms with van der Waals surface area (Å²) >= 11 is 0. The Bertz CT molecular complexity index is 141. The Kier molecular flexibility index (Phi) is 6.35. The zero-order chi connectivity index (χ0) is 10.5. The van der Waals surface area contributed by atoms with E-state index in [2.05, 4.69) is 26.2 Å². The van der Waals surface area contributed by atoms with E-state index in [-0.39, 0.29) is 0 Å². The molecule has 0 aliphatic rings. The summed E-state index contributed by atoms with van der Waals surface area (Å²) in [5.74, 6) is 0. The van der Waals surface area contributed by atoms with Crippen LogP contribution in [0.25, 0.3) is 0 Å². The highest BCUT2D eigenvalue weighted by Gasteiger charge is 2.27. The molecule has 0 saturated carbocycles. The van der Waals surface area contributed by atoms with Gasteiger partial charge in [-0.2, -0.15) is 0 Å². The molecule has 0 saturated heterocycles. The van der Waals surface area contributed by atoms with Gasteiger partial charge in [-0.25, -0.2) is 0 Å². The second-order valence-electron chi connectivity index (χ2n) is 4.03. The van der Waals surface area contributed by atoms with Gasteiger partial charge in [-0.1, -0.05) is 13.1 Å². The molecule has 0 aliphatic heterocycles. The Hall–Kier alpha value is 0.531. The first-order valence-electron chi connectivity index (χ1n) is 4.72. The van der Waals surface area contributed by atoms with Crippen molar-refractivity contribution in [2.45, 2.75) is 32.7 Å². The van der Waals surface area contributed by atoms with Crippen LogP contribution in [-0.2, 0) is 13.0 Å². The minimum Gasteiger partial charge on any atom is -0.417 e. The van der Waals surface area contributed by atoms with Crippen LogP contribution in [0, 0.1) is 0 Å². The number of hydrogen-bond acceptors (Lipinski definition) is 3. The summed E-state index contributed by atoms with van der Waals surface area (Å²) in [7, 11) is -2.21. The van der Waals surface area contributed by atoms with Crippen LogP contribution in [0.3, 0.4) is 0 Å². The summed E-state index contributed by atoms with van der Waals surface area (Å²) in [6.07, 6.45) is 0.921. The molecular formula is C7H22O3Si3. The smallest absolute Gasteiger partial charge is 0.322 e. The zero-order valence-electron chi connectivity index (χ0n) is 9.59. The fraction of sp³-hybridized carbons (Fsp3) is 1.00. The lowest BCUT2D eigenvalue weighted by molar-refractivity contribution is 0.256. The largest absolute Gasteiger partial charge is 0.417 e. The molecule has 6 heteroatoms. The van der Waals surface area contributed by atoms with Crippen molar-refractivity contribution in [3.8, 4) is 0 Å². The van der Waals surface area contributed by atoms with E-state index in [1.54, 1.807) is 7.11 Å². The lowest BCUT2D eigenvalue weighted by Crippen LogP contribution is -2.42. The number of hydrogen-bond donors (Lipinski definition) is 0. The van der Waals surface area contributed by atoms with Gasteiger partial charge in [-0.05, 0) is 19.6 Å². The van der Waals surface area contributed by atoms with Crippen LogP contribution in [0.2, 0.25) is 32.7 Å². The van der Waals surface area contributed by atoms with E-state index in [4.69, 9.17) is 13.0 Å². The standard InChI is InChI=1S/C7H22O3Si3/c1-8-12(4)10-13(5,6)9-7-11(2)3/h11-12H,7H2,1-6H3. The molecule has 0 N–H and O–H groups in total. The average molecular weight is 239 g/mol. The third-order valence-corrected chi connectivity index (χ3v) is 7.84. The maximum atomic E-state index is 5.80. The molecular weight excluding hydrogens is 216 g/mol. The lowest BCUT2D eigenvalue weighted by Gasteiger charge is -2.26. The summed E-state index contributed by atoms with van der Waals surface area (Å²) in [5, 5.41) is 0. The van der Waals surface area contributed by atoms with Gasteiger partial charge < -0.3 is 13.0 Å². The quantitative estimate of drug-likeness (QED) is 0.652. The molecule has 3 nitrogen and oxygen atoms in total. The summed E-state index contributed by atoms with van der Waals surface area (Å²) in [5.41, 5.74) is 0. The van der Waals surface area contributed by atoms with Crippen molar-refractivity contribution in [2.24, 2.45) is 0 Å². The fourth-order valence-corrected chi connectivity index (χ4v) is 7.64. The predicted octanol–water partition coefficient (Wildman–Crippen LogP) is 1.24. The Labute approximate surface area is 86.1 Å². The summed E-state index contributed by atoms with van der Waals surface area (Å²) in [6.45, 7) is 10.8. The van der Waals surface area contributed by atoms with E-state index in [9.17, 15) is 0 Å². The van der Waals surface area contributed by atoms with E-state index in [1.165, 1.54) is 0 Å². The molecule has 0 heterocycles. The van der Waals surface area contributed by atoms with Crippen LogP contribution in [0.15, 0.2) is 0 Å². The normalized spacial score (nSPS) is 15.0. The molecule has 0 spiro atoms. The summed E-state index contributed by atoms with van der Waals surface area (Å²) in [6, 6.07) is 0. The molecule has 0 aliphatic carbocycles. The van der Waals surface area contributed by atoms with Crippen LogP contribution in [-0.4, -0.2) is 40.0 Å². The fourth-order valence-electron chi connectivity index (χ4n) is 0.849. The molecule has 13 heavy (non-hydrogen) atoms. The molecule has 0 aromatic carbocycles. The molecule has 0 radical (unpaired) electrons. The molecule has 0 amide bonds. The number of rotatable bonds is 6. The summed E-state index contributed by atoms with van der Waals surface area (Å²) < 4.78 is 16.8. The maximum Gasteiger partial charge on any atom is 0.322 e. The molecule has 0 rings (SSSR count). The van der Waals surface area contributed by atoms with Crippen LogP contribution in [0.1, 0.15) is 0 Å². The highest BCUT2D eigenvalue weighted by atomic mass is 28.4. The van der Waals surface area contributed by atoms with Crippen LogP contribution >= 0.6 is 0 Å². The van der Waals surface area contributed by atoms with Gasteiger partial charge in [0.25, 0.3) is 0 Å². The molecule has 0 aromatic rings. The van der Waals surface area contributed by atoms with Crippen molar-refractivity contribution >= 4 is 26.6 Å². The Morgan fingerprint density at radius 3 is 2.08 bits per heavy atom. The molecule has 0 bridgehead atoms. The lowest BCUT2D eigenvalue weighted by atomic mass is 11.7. The second-order valence-corrected chi connectivity index (χ2v) is 12.8. The molecule has 1 unspecified atom stereocenters. The van der Waals surface area contributed by atoms with E-state index in [1.807, 2.05) is 6.55 Å². The first kappa shape index (κ1) is 13.5. The maximum absolute atomic E-state index is 5.80. The minimum atomic E-state index is -1.88. The predicted molar refractivity (Wildman–Crippen MR) is 63.4 cm³/mol. The van der Waals surface area contributed by atoms with Crippen molar-refractivity contribution in [1.82, 2.24) is 0 Å². The van der Waals surface area contributed by atoms with Gasteiger partial charge in [0.05, 0.1) is 8.80 Å². The Morgan fingerprint density at radius 2 is 1.69 bits per heavy atom. The van der Waals surface area contributed by atoms with Crippen LogP contribution in [0.5, 0.6) is 0 Å². The van der Waals surface area contributed by atoms with E-state index < -0.39 is 26.6 Å². The van der Waals surface area contributed by atoms with Gasteiger partial charge in [0, 0.05) is 13.3 Å². The van der Waals surface area contributed by atoms with Crippen molar-refractivity contribution in [3.05, 3.63) is 0 Å². The van der Waals surface area contributed by atoms with Crippen molar-refractivity contribution < 1.29 is 13.0 Å². The van der Waals surface area contributed by atoms with Crippen molar-refractivity contribution in [1.29, 1.82) is 0 Å². The SMILES string of the molecule is CO[SiH](C)O[Si](C)(C)OC[SiH](C)C. The zero-order valence-corrected chi connectivity index (χ0v) is 12.9. The van der Waals surface area contributed by atoms with Gasteiger partial charge in [0.15, 0.2) is 0 Å². The molecule has 1 atom stereocenters. The highest BCUT2D eigenvalue weighted by Crippen LogP contribution is 2.08. The third-order valence-electron chi connectivity index (χ3n) is 1.55. The van der Waals surface area contributed by atoms with Crippen LogP contribution < -0.4 is 0 Å². The monoisotopic (exact) mass is 238 g/mol. The van der Waals surface area contributed by atoms with Gasteiger partial charge in [0.2, 0.25) is 0 Å². The van der Waals surface area contributed by atoms with Crippen molar-refractivity contribution in [2.75, 3.05) is 13.3 Å². The van der Waals surface area contributed by atoms with Gasteiger partial charge in [-0.15, -0.1) is 0 Å². The van der Waals surface area contributed by atoms with Gasteiger partial charge >= 0.3 is 17.8 Å². The van der Waals surface area contributed by atoms with Gasteiger partial charge in [-0.3, -0.25) is 0 Å². The minimum absolute atomic E-state index is 0.617. The Morgan fingerprint density at radius 1 is 1.15 bits per heavy atom. The first-order valence-corrected chi connectivity index (χ1v) is 12.8. The summed E-state index contributed by atoms with van der Waals surface area (Å²) in [4.78, 5) is 0. The van der Waals surface area contributed by atoms with Crippen molar-refractivity contribution in [3.63, 3.8) is 0 Å². The topological polar surface area (TPSA) is 27.7 Å². The first-order chi connectivity index (χ1) is 5.87. The average Bonchev–Trinajstić information content (AvgIpc) is 2.00. The van der Waals surface area contributed by atoms with Gasteiger partial charge in [0.1, 0.15) is 0 Å². The molecule has 80 valence electrons. The third kappa shape index (κ3) is 7.59. The molecule has 0 aromatic heterocycles. The Balaban J connectivity index is 3.79. The highest BCUT2D eigenvalue weighted by molar-refractivity contribution is 6.72. The van der Waals surface area contributed by atoms with E-state index in [0.29, 0.717) is 0 Å². The molecule has 0 fully saturated rings. The second kappa shape index (κ2) is 6.10. The van der Waals surface area contributed by atoms with E-state index in [0.717, 1.165) is 6.23 Å². The van der Waals surface area contributed by atoms with Crippen LogP contribution in [0.4, 0.5) is 0 Å². The van der Waals surface area contributed by atoms with E-state index >= 15 is 0 Å².